The number of rotatable bonds is 6. The second-order valence-electron chi connectivity index (χ2n) is 8.02. The van der Waals surface area contributed by atoms with Crippen LogP contribution in [-0.2, 0) is 6.42 Å². The third kappa shape index (κ3) is 5.50. The second-order valence-corrected chi connectivity index (χ2v) is 8.46. The van der Waals surface area contributed by atoms with Crippen LogP contribution in [-0.4, -0.2) is 18.1 Å². The molecular weight excluding hydrogens is 346 g/mol. The largest absolute Gasteiger partial charge is 0.487 e. The predicted octanol–water partition coefficient (Wildman–Crippen LogP) is 5.52. The van der Waals surface area contributed by atoms with Gasteiger partial charge in [0.1, 0.15) is 11.4 Å². The van der Waals surface area contributed by atoms with Crippen LogP contribution in [0.25, 0.3) is 0 Å². The molecule has 0 fully saturated rings. The Hall–Kier alpha value is -2.00. The van der Waals surface area contributed by atoms with E-state index in [4.69, 9.17) is 16.3 Å². The summed E-state index contributed by atoms with van der Waals surface area (Å²) in [5.74, 6) is 0.771. The fraction of sp³-hybridized carbons (Fsp3) is 0.409. The molecule has 2 aromatic carbocycles. The van der Waals surface area contributed by atoms with E-state index in [1.165, 1.54) is 0 Å². The molecule has 4 heteroatoms. The zero-order chi connectivity index (χ0) is 19.4. The standard InChI is InChI=1S/C22H28ClNO2/c1-21(2,3)22(4,5)26-19-12-6-16(7-13-19)14-15-24-20(25)17-8-10-18(23)11-9-17/h6-13H,14-15H2,1-5H3,(H,24,25). The maximum atomic E-state index is 12.1. The van der Waals surface area contributed by atoms with E-state index in [0.29, 0.717) is 17.1 Å². The van der Waals surface area contributed by atoms with Crippen LogP contribution in [0, 0.1) is 5.41 Å². The van der Waals surface area contributed by atoms with Gasteiger partial charge in [0.25, 0.3) is 5.91 Å². The molecule has 0 heterocycles. The minimum Gasteiger partial charge on any atom is -0.487 e. The average Bonchev–Trinajstić information content (AvgIpc) is 2.55. The number of nitrogens with one attached hydrogen (secondary N) is 1. The predicted molar refractivity (Wildman–Crippen MR) is 108 cm³/mol. The van der Waals surface area contributed by atoms with E-state index in [0.717, 1.165) is 17.7 Å². The van der Waals surface area contributed by atoms with Crippen molar-refractivity contribution in [1.29, 1.82) is 0 Å². The van der Waals surface area contributed by atoms with Crippen molar-refractivity contribution >= 4 is 17.5 Å². The molecule has 0 aliphatic heterocycles. The molecule has 3 nitrogen and oxygen atoms in total. The van der Waals surface area contributed by atoms with Gasteiger partial charge in [0.2, 0.25) is 0 Å². The summed E-state index contributed by atoms with van der Waals surface area (Å²) in [5, 5.41) is 3.55. The van der Waals surface area contributed by atoms with E-state index in [1.54, 1.807) is 24.3 Å². The first kappa shape index (κ1) is 20.3. The summed E-state index contributed by atoms with van der Waals surface area (Å²) >= 11 is 5.84. The summed E-state index contributed by atoms with van der Waals surface area (Å²) in [6.45, 7) is 11.3. The number of carbonyl (C=O) groups excluding carboxylic acids is 1. The Morgan fingerprint density at radius 3 is 2.08 bits per heavy atom. The topological polar surface area (TPSA) is 38.3 Å². The SMILES string of the molecule is CC(C)(C)C(C)(C)Oc1ccc(CCNC(=O)c2ccc(Cl)cc2)cc1. The minimum atomic E-state index is -0.263. The summed E-state index contributed by atoms with van der Waals surface area (Å²) in [7, 11) is 0. The lowest BCUT2D eigenvalue weighted by molar-refractivity contribution is 0.000797. The number of carbonyl (C=O) groups is 1. The molecule has 0 radical (unpaired) electrons. The molecule has 0 saturated heterocycles. The molecule has 0 spiro atoms. The van der Waals surface area contributed by atoms with Crippen LogP contribution in [0.1, 0.15) is 50.5 Å². The minimum absolute atomic E-state index is 0.0393. The Labute approximate surface area is 161 Å². The van der Waals surface area contributed by atoms with Gasteiger partial charge in [0, 0.05) is 22.5 Å². The molecule has 140 valence electrons. The van der Waals surface area contributed by atoms with Crippen molar-refractivity contribution < 1.29 is 9.53 Å². The highest BCUT2D eigenvalue weighted by atomic mass is 35.5. The lowest BCUT2D eigenvalue weighted by Gasteiger charge is -2.39. The van der Waals surface area contributed by atoms with Crippen molar-refractivity contribution in [2.45, 2.75) is 46.6 Å². The molecule has 0 aromatic heterocycles. The van der Waals surface area contributed by atoms with Gasteiger partial charge in [-0.05, 0) is 62.2 Å². The van der Waals surface area contributed by atoms with Crippen molar-refractivity contribution in [3.63, 3.8) is 0 Å². The number of hydrogen-bond acceptors (Lipinski definition) is 2. The van der Waals surface area contributed by atoms with Gasteiger partial charge in [-0.15, -0.1) is 0 Å². The third-order valence-electron chi connectivity index (χ3n) is 4.91. The summed E-state index contributed by atoms with van der Waals surface area (Å²) in [4.78, 5) is 12.1. The third-order valence-corrected chi connectivity index (χ3v) is 5.16. The van der Waals surface area contributed by atoms with Gasteiger partial charge in [-0.3, -0.25) is 4.79 Å². The molecule has 2 aromatic rings. The van der Waals surface area contributed by atoms with E-state index in [-0.39, 0.29) is 16.9 Å². The molecule has 0 saturated carbocycles. The Kier molecular flexibility index (Phi) is 6.35. The van der Waals surface area contributed by atoms with Crippen molar-refractivity contribution in [2.24, 2.45) is 5.41 Å². The number of benzene rings is 2. The van der Waals surface area contributed by atoms with E-state index < -0.39 is 0 Å². The van der Waals surface area contributed by atoms with Gasteiger partial charge in [-0.25, -0.2) is 0 Å². The zero-order valence-corrected chi connectivity index (χ0v) is 17.0. The van der Waals surface area contributed by atoms with E-state index in [9.17, 15) is 4.79 Å². The molecule has 0 atom stereocenters. The van der Waals surface area contributed by atoms with Crippen LogP contribution in [0.4, 0.5) is 0 Å². The number of amides is 1. The number of ether oxygens (including phenoxy) is 1. The van der Waals surface area contributed by atoms with Crippen molar-refractivity contribution in [1.82, 2.24) is 5.32 Å². The van der Waals surface area contributed by atoms with Gasteiger partial charge in [0.05, 0.1) is 0 Å². The van der Waals surface area contributed by atoms with Crippen molar-refractivity contribution in [3.05, 3.63) is 64.7 Å². The Bertz CT molecular complexity index is 728. The van der Waals surface area contributed by atoms with E-state index in [1.807, 2.05) is 24.3 Å². The smallest absolute Gasteiger partial charge is 0.251 e. The van der Waals surface area contributed by atoms with Crippen LogP contribution in [0.15, 0.2) is 48.5 Å². The van der Waals surface area contributed by atoms with Gasteiger partial charge in [-0.1, -0.05) is 44.5 Å². The summed E-state index contributed by atoms with van der Waals surface area (Å²) in [5.41, 5.74) is 1.54. The first-order chi connectivity index (χ1) is 12.1. The fourth-order valence-corrected chi connectivity index (χ4v) is 2.32. The summed E-state index contributed by atoms with van der Waals surface area (Å²) in [6.07, 6.45) is 0.766. The highest BCUT2D eigenvalue weighted by Gasteiger charge is 2.34. The van der Waals surface area contributed by atoms with Crippen LogP contribution in [0.3, 0.4) is 0 Å². The van der Waals surface area contributed by atoms with Crippen molar-refractivity contribution in [2.75, 3.05) is 6.54 Å². The molecule has 1 amide bonds. The van der Waals surface area contributed by atoms with Gasteiger partial charge in [0.15, 0.2) is 0 Å². The highest BCUT2D eigenvalue weighted by molar-refractivity contribution is 6.30. The van der Waals surface area contributed by atoms with Crippen LogP contribution in [0.5, 0.6) is 5.75 Å². The molecule has 0 aliphatic carbocycles. The highest BCUT2D eigenvalue weighted by Crippen LogP contribution is 2.34. The number of hydrogen-bond donors (Lipinski definition) is 1. The molecule has 0 aliphatic rings. The lowest BCUT2D eigenvalue weighted by Crippen LogP contribution is -2.42. The monoisotopic (exact) mass is 373 g/mol. The average molecular weight is 374 g/mol. The quantitative estimate of drug-likeness (QED) is 0.724. The number of halogens is 1. The first-order valence-electron chi connectivity index (χ1n) is 8.90. The molecular formula is C22H28ClNO2. The van der Waals surface area contributed by atoms with Crippen molar-refractivity contribution in [3.8, 4) is 5.75 Å². The second kappa shape index (κ2) is 8.13. The molecule has 0 unspecified atom stereocenters. The Morgan fingerprint density at radius 1 is 0.962 bits per heavy atom. The van der Waals surface area contributed by atoms with Gasteiger partial charge < -0.3 is 10.1 Å². The first-order valence-corrected chi connectivity index (χ1v) is 9.28. The maximum Gasteiger partial charge on any atom is 0.251 e. The lowest BCUT2D eigenvalue weighted by atomic mass is 9.79. The van der Waals surface area contributed by atoms with Crippen LogP contribution >= 0.6 is 11.6 Å². The van der Waals surface area contributed by atoms with Crippen LogP contribution in [0.2, 0.25) is 5.02 Å². The van der Waals surface area contributed by atoms with E-state index in [2.05, 4.69) is 39.9 Å². The zero-order valence-electron chi connectivity index (χ0n) is 16.2. The normalized spacial score (nSPS) is 11.9. The molecule has 1 N–H and O–H groups in total. The molecule has 0 bridgehead atoms. The van der Waals surface area contributed by atoms with Gasteiger partial charge in [-0.2, -0.15) is 0 Å². The van der Waals surface area contributed by atoms with E-state index >= 15 is 0 Å². The Morgan fingerprint density at radius 2 is 1.54 bits per heavy atom. The fourth-order valence-electron chi connectivity index (χ4n) is 2.20. The maximum absolute atomic E-state index is 12.1. The molecule has 2 rings (SSSR count). The summed E-state index contributed by atoms with van der Waals surface area (Å²) < 4.78 is 6.15. The van der Waals surface area contributed by atoms with Gasteiger partial charge >= 0.3 is 0 Å². The molecule has 26 heavy (non-hydrogen) atoms. The Balaban J connectivity index is 1.86. The summed E-state index contributed by atoms with van der Waals surface area (Å²) in [6, 6.07) is 14.9. The van der Waals surface area contributed by atoms with Crippen LogP contribution < -0.4 is 10.1 Å².